The maximum atomic E-state index is 12.8. The number of halogens is 3. The van der Waals surface area contributed by atoms with Gasteiger partial charge in [0.15, 0.2) is 5.78 Å². The fraction of sp³-hybridized carbons (Fsp3) is 0.312. The van der Waals surface area contributed by atoms with E-state index in [0.717, 1.165) is 12.1 Å². The number of carbonyl (C=O) groups is 1. The van der Waals surface area contributed by atoms with Crippen molar-refractivity contribution in [3.05, 3.63) is 51.3 Å². The van der Waals surface area contributed by atoms with E-state index in [-0.39, 0.29) is 34.9 Å². The highest BCUT2D eigenvalue weighted by atomic mass is 19.4. The van der Waals surface area contributed by atoms with Gasteiger partial charge in [-0.05, 0) is 24.5 Å². The van der Waals surface area contributed by atoms with Crippen molar-refractivity contribution in [3.8, 4) is 11.3 Å². The molecule has 120 valence electrons. The third-order valence-corrected chi connectivity index (χ3v) is 3.88. The largest absolute Gasteiger partial charge is 0.416 e. The van der Waals surface area contributed by atoms with E-state index >= 15 is 0 Å². The molecule has 1 unspecified atom stereocenters. The Morgan fingerprint density at radius 3 is 2.65 bits per heavy atom. The molecule has 23 heavy (non-hydrogen) atoms. The maximum Gasteiger partial charge on any atom is 0.416 e. The van der Waals surface area contributed by atoms with E-state index in [0.29, 0.717) is 12.1 Å². The Hall–Kier alpha value is -2.44. The molecule has 1 N–H and O–H groups in total. The Morgan fingerprint density at radius 2 is 1.96 bits per heavy atom. The lowest BCUT2D eigenvalue weighted by molar-refractivity contribution is -0.137. The van der Waals surface area contributed by atoms with Gasteiger partial charge in [-0.1, -0.05) is 19.1 Å². The number of rotatable bonds is 1. The average molecular weight is 322 g/mol. The summed E-state index contributed by atoms with van der Waals surface area (Å²) in [5.74, 6) is -0.192. The van der Waals surface area contributed by atoms with E-state index in [4.69, 9.17) is 0 Å². The molecule has 0 amide bonds. The van der Waals surface area contributed by atoms with E-state index in [9.17, 15) is 22.8 Å². The molecular formula is C16H13F3N2O2. The van der Waals surface area contributed by atoms with Crippen LogP contribution < -0.4 is 5.43 Å². The molecule has 0 bridgehead atoms. The average Bonchev–Trinajstić information content (AvgIpc) is 2.46. The molecule has 0 saturated heterocycles. The predicted octanol–water partition coefficient (Wildman–Crippen LogP) is 3.22. The number of fused-ring (bicyclic) bond motifs is 1. The third-order valence-electron chi connectivity index (χ3n) is 3.88. The minimum absolute atomic E-state index is 0.0190. The van der Waals surface area contributed by atoms with Crippen LogP contribution in [-0.4, -0.2) is 16.0 Å². The number of carbonyl (C=O) groups excluding carboxylic acids is 1. The number of nitrogens with zero attached hydrogens (tertiary/aromatic N) is 1. The van der Waals surface area contributed by atoms with Gasteiger partial charge in [0.25, 0.3) is 0 Å². The second-order valence-corrected chi connectivity index (χ2v) is 5.77. The number of nitrogens with one attached hydrogen (secondary N) is 1. The van der Waals surface area contributed by atoms with Crippen molar-refractivity contribution in [2.75, 3.05) is 0 Å². The molecule has 1 atom stereocenters. The number of aromatic nitrogens is 2. The van der Waals surface area contributed by atoms with Crippen LogP contribution in [0.4, 0.5) is 13.2 Å². The quantitative estimate of drug-likeness (QED) is 0.877. The van der Waals surface area contributed by atoms with Crippen LogP contribution in [0.3, 0.4) is 0 Å². The van der Waals surface area contributed by atoms with Crippen LogP contribution in [0, 0.1) is 5.92 Å². The minimum atomic E-state index is -4.51. The summed E-state index contributed by atoms with van der Waals surface area (Å²) in [5.41, 5.74) is -1.14. The molecule has 4 nitrogen and oxygen atoms in total. The van der Waals surface area contributed by atoms with Crippen molar-refractivity contribution >= 4 is 5.78 Å². The van der Waals surface area contributed by atoms with E-state index in [1.165, 1.54) is 12.1 Å². The highest BCUT2D eigenvalue weighted by Crippen LogP contribution is 2.31. The smallest absolute Gasteiger partial charge is 0.294 e. The molecule has 0 saturated carbocycles. The number of hydrogen-bond donors (Lipinski definition) is 1. The van der Waals surface area contributed by atoms with Crippen LogP contribution in [0.25, 0.3) is 11.3 Å². The van der Waals surface area contributed by atoms with Gasteiger partial charge in [-0.2, -0.15) is 18.3 Å². The monoisotopic (exact) mass is 322 g/mol. The Morgan fingerprint density at radius 1 is 1.22 bits per heavy atom. The fourth-order valence-electron chi connectivity index (χ4n) is 2.81. The molecule has 1 heterocycles. The first-order valence-corrected chi connectivity index (χ1v) is 7.09. The van der Waals surface area contributed by atoms with Gasteiger partial charge in [0.1, 0.15) is 5.69 Å². The fourth-order valence-corrected chi connectivity index (χ4v) is 2.81. The van der Waals surface area contributed by atoms with Crippen molar-refractivity contribution in [3.63, 3.8) is 0 Å². The number of Topliss-reactive ketones (excluding diaryl/α,β-unsaturated/α-hetero) is 1. The SMILES string of the molecule is CC1CC(=O)c2c([nH]nc(-c3cccc(C(F)(F)F)c3)c2=O)C1. The Kier molecular flexibility index (Phi) is 3.58. The van der Waals surface area contributed by atoms with Gasteiger partial charge in [-0.3, -0.25) is 14.7 Å². The van der Waals surface area contributed by atoms with E-state index in [1.807, 2.05) is 6.92 Å². The zero-order valence-corrected chi connectivity index (χ0v) is 12.2. The number of benzene rings is 1. The van der Waals surface area contributed by atoms with Gasteiger partial charge in [0.05, 0.1) is 11.1 Å². The summed E-state index contributed by atoms with van der Waals surface area (Å²) in [6, 6.07) is 4.36. The second-order valence-electron chi connectivity index (χ2n) is 5.77. The van der Waals surface area contributed by atoms with Crippen LogP contribution >= 0.6 is 0 Å². The van der Waals surface area contributed by atoms with Crippen molar-refractivity contribution < 1.29 is 18.0 Å². The first kappa shape index (κ1) is 15.5. The molecule has 0 aliphatic heterocycles. The van der Waals surface area contributed by atoms with Crippen LogP contribution in [-0.2, 0) is 12.6 Å². The van der Waals surface area contributed by atoms with E-state index in [1.54, 1.807) is 0 Å². The van der Waals surface area contributed by atoms with Gasteiger partial charge in [-0.25, -0.2) is 0 Å². The first-order chi connectivity index (χ1) is 10.8. The number of alkyl halides is 3. The molecule has 3 rings (SSSR count). The molecule has 7 heteroatoms. The summed E-state index contributed by atoms with van der Waals surface area (Å²) in [4.78, 5) is 24.6. The summed E-state index contributed by atoms with van der Waals surface area (Å²) in [7, 11) is 0. The zero-order chi connectivity index (χ0) is 16.8. The Labute approximate surface area is 129 Å². The Balaban J connectivity index is 2.15. The van der Waals surface area contributed by atoms with E-state index in [2.05, 4.69) is 10.2 Å². The summed E-state index contributed by atoms with van der Waals surface area (Å²) in [6.45, 7) is 1.89. The third kappa shape index (κ3) is 2.78. The van der Waals surface area contributed by atoms with Gasteiger partial charge in [0.2, 0.25) is 5.43 Å². The molecular weight excluding hydrogens is 309 g/mol. The predicted molar refractivity (Wildman–Crippen MR) is 77.1 cm³/mol. The lowest BCUT2D eigenvalue weighted by Crippen LogP contribution is -2.29. The molecule has 1 aliphatic rings. The van der Waals surface area contributed by atoms with Gasteiger partial charge in [-0.15, -0.1) is 0 Å². The summed E-state index contributed by atoms with van der Waals surface area (Å²) < 4.78 is 38.4. The first-order valence-electron chi connectivity index (χ1n) is 7.09. The lowest BCUT2D eigenvalue weighted by Gasteiger charge is -2.19. The standard InChI is InChI=1S/C16H13F3N2O2/c1-8-5-11-13(12(22)6-8)15(23)14(21-20-11)9-3-2-4-10(7-9)16(17,18)19/h2-4,7-8H,5-6H2,1H3,(H,20,23). The summed E-state index contributed by atoms with van der Waals surface area (Å²) >= 11 is 0. The van der Waals surface area contributed by atoms with Gasteiger partial charge >= 0.3 is 6.18 Å². The van der Waals surface area contributed by atoms with Crippen LogP contribution in [0.5, 0.6) is 0 Å². The van der Waals surface area contributed by atoms with Crippen LogP contribution in [0.15, 0.2) is 29.1 Å². The minimum Gasteiger partial charge on any atom is -0.294 e. The zero-order valence-electron chi connectivity index (χ0n) is 12.2. The van der Waals surface area contributed by atoms with Crippen LogP contribution in [0.2, 0.25) is 0 Å². The highest BCUT2D eigenvalue weighted by Gasteiger charge is 2.31. The molecule has 2 aromatic rings. The molecule has 0 spiro atoms. The number of ketones is 1. The second kappa shape index (κ2) is 5.33. The molecule has 0 radical (unpaired) electrons. The normalized spacial score (nSPS) is 17.9. The van der Waals surface area contributed by atoms with Gasteiger partial charge < -0.3 is 0 Å². The van der Waals surface area contributed by atoms with Crippen molar-refractivity contribution in [2.24, 2.45) is 5.92 Å². The molecule has 1 aromatic carbocycles. The Bertz CT molecular complexity index is 840. The summed E-state index contributed by atoms with van der Waals surface area (Å²) in [5, 5.41) is 6.56. The lowest BCUT2D eigenvalue weighted by atomic mass is 9.86. The topological polar surface area (TPSA) is 62.8 Å². The van der Waals surface area contributed by atoms with Crippen molar-refractivity contribution in [2.45, 2.75) is 25.9 Å². The van der Waals surface area contributed by atoms with Crippen molar-refractivity contribution in [1.29, 1.82) is 0 Å². The molecule has 1 aromatic heterocycles. The number of hydrogen-bond acceptors (Lipinski definition) is 3. The van der Waals surface area contributed by atoms with E-state index < -0.39 is 17.2 Å². The highest BCUT2D eigenvalue weighted by molar-refractivity contribution is 5.98. The van der Waals surface area contributed by atoms with Crippen molar-refractivity contribution in [1.82, 2.24) is 10.2 Å². The number of aromatic amines is 1. The summed E-state index contributed by atoms with van der Waals surface area (Å²) in [6.07, 6.45) is -3.74. The number of H-pyrrole nitrogens is 1. The molecule has 0 fully saturated rings. The maximum absolute atomic E-state index is 12.8. The molecule has 1 aliphatic carbocycles. The van der Waals surface area contributed by atoms with Crippen LogP contribution in [0.1, 0.15) is 35.0 Å². The van der Waals surface area contributed by atoms with Gasteiger partial charge in [0, 0.05) is 17.7 Å².